The fraction of sp³-hybridized carbons (Fsp3) is 0.500. The molecule has 2 atom stereocenters. The van der Waals surface area contributed by atoms with Crippen LogP contribution < -0.4 is 5.32 Å². The maximum atomic E-state index is 13.4. The highest BCUT2D eigenvalue weighted by Crippen LogP contribution is 2.51. The van der Waals surface area contributed by atoms with Gasteiger partial charge in [0.05, 0.1) is 25.0 Å². The number of carbonyl (C=O) groups is 2. The zero-order chi connectivity index (χ0) is 28.6. The number of methoxy groups -OCH3 is 1. The fourth-order valence-corrected chi connectivity index (χ4v) is 7.39. The zero-order valence-electron chi connectivity index (χ0n) is 24.5. The van der Waals surface area contributed by atoms with E-state index in [1.807, 2.05) is 24.9 Å². The minimum absolute atomic E-state index is 0.0632. The number of nitrogens with zero attached hydrogens (tertiary/aromatic N) is 2. The number of nitrogens with one attached hydrogen (secondary N) is 2. The lowest BCUT2D eigenvalue weighted by molar-refractivity contribution is -0.135. The number of aromatic nitrogens is 2. The average molecular weight is 555 g/mol. The topological polar surface area (TPSA) is 87.3 Å². The molecular formula is C34H42N4O3. The van der Waals surface area contributed by atoms with Gasteiger partial charge in [0, 0.05) is 6.54 Å². The number of imidazole rings is 1. The van der Waals surface area contributed by atoms with E-state index < -0.39 is 12.1 Å². The molecule has 7 heteroatoms. The van der Waals surface area contributed by atoms with Crippen molar-refractivity contribution in [2.45, 2.75) is 82.7 Å². The van der Waals surface area contributed by atoms with Crippen molar-refractivity contribution in [1.82, 2.24) is 20.2 Å². The third kappa shape index (κ3) is 5.39. The number of hydrogen-bond donors (Lipinski definition) is 2. The van der Waals surface area contributed by atoms with Crippen molar-refractivity contribution in [2.75, 3.05) is 13.7 Å². The Balaban J connectivity index is 1.15. The first-order valence-corrected chi connectivity index (χ1v) is 15.3. The highest BCUT2D eigenvalue weighted by atomic mass is 16.5. The lowest BCUT2D eigenvalue weighted by atomic mass is 9.58. The lowest BCUT2D eigenvalue weighted by Crippen LogP contribution is -2.51. The SMILES string of the molecule is COC(=O)NC(C(=O)N1CCC[C@H]1c1ncc(-c2ccc(-c3ccc(C45CCC(CC4)CC5)cc3)cc2)[nH]1)C(C)C. The molecule has 3 aliphatic carbocycles. The fourth-order valence-electron chi connectivity index (χ4n) is 7.39. The van der Waals surface area contributed by atoms with Crippen LogP contribution in [0.15, 0.2) is 54.7 Å². The molecule has 3 aromatic rings. The van der Waals surface area contributed by atoms with Crippen molar-refractivity contribution in [3.63, 3.8) is 0 Å². The van der Waals surface area contributed by atoms with Crippen LogP contribution >= 0.6 is 0 Å². The number of aromatic amines is 1. The molecule has 7 rings (SSSR count). The number of likely N-dealkylation sites (tertiary alicyclic amines) is 1. The number of benzene rings is 2. The smallest absolute Gasteiger partial charge is 0.407 e. The van der Waals surface area contributed by atoms with Crippen molar-refractivity contribution < 1.29 is 14.3 Å². The highest BCUT2D eigenvalue weighted by molar-refractivity contribution is 5.86. The Morgan fingerprint density at radius 3 is 2.17 bits per heavy atom. The maximum Gasteiger partial charge on any atom is 0.407 e. The van der Waals surface area contributed by atoms with Crippen LogP contribution in [0.2, 0.25) is 0 Å². The summed E-state index contributed by atoms with van der Waals surface area (Å²) in [5.74, 6) is 1.60. The first-order valence-electron chi connectivity index (χ1n) is 15.3. The Kier molecular flexibility index (Phi) is 7.62. The number of alkyl carbamates (subject to hydrolysis) is 1. The normalized spacial score (nSPS) is 24.4. The van der Waals surface area contributed by atoms with Gasteiger partial charge in [-0.05, 0) is 90.9 Å². The van der Waals surface area contributed by atoms with Gasteiger partial charge < -0.3 is 19.9 Å². The Bertz CT molecular complexity index is 1360. The standard InChI is InChI=1S/C34H42N4O3/c1-22(2)30(37-33(40)41-3)32(39)38-20-4-5-29(38)31-35-21-28(36-31)26-8-6-24(7-9-26)25-10-12-27(13-11-25)34-17-14-23(15-18-34)16-19-34/h6-13,21-23,29-30H,4-5,14-20H2,1-3H3,(H,35,36)(H,37,40)/t23?,29-,30?,34?/m0/s1. The summed E-state index contributed by atoms with van der Waals surface area (Å²) in [5.41, 5.74) is 6.39. The summed E-state index contributed by atoms with van der Waals surface area (Å²) in [6, 6.07) is 17.1. The van der Waals surface area contributed by atoms with E-state index in [1.165, 1.54) is 62.3 Å². The molecule has 1 aromatic heterocycles. The minimum atomic E-state index is -0.642. The van der Waals surface area contributed by atoms with E-state index in [-0.39, 0.29) is 17.9 Å². The van der Waals surface area contributed by atoms with Gasteiger partial charge in [-0.2, -0.15) is 0 Å². The summed E-state index contributed by atoms with van der Waals surface area (Å²) >= 11 is 0. The number of hydrogen-bond acceptors (Lipinski definition) is 4. The molecule has 3 saturated carbocycles. The van der Waals surface area contributed by atoms with Gasteiger partial charge in [0.15, 0.2) is 0 Å². The Labute approximate surface area is 243 Å². The van der Waals surface area contributed by atoms with Gasteiger partial charge in [-0.1, -0.05) is 62.4 Å². The summed E-state index contributed by atoms with van der Waals surface area (Å²) in [6.45, 7) is 4.49. The molecule has 2 heterocycles. The van der Waals surface area contributed by atoms with Crippen LogP contribution in [-0.2, 0) is 14.9 Å². The van der Waals surface area contributed by atoms with Crippen molar-refractivity contribution in [3.05, 3.63) is 66.1 Å². The summed E-state index contributed by atoms with van der Waals surface area (Å²) in [4.78, 5) is 35.3. The van der Waals surface area contributed by atoms with E-state index in [1.54, 1.807) is 0 Å². The molecule has 41 heavy (non-hydrogen) atoms. The molecule has 2 bridgehead atoms. The molecule has 216 valence electrons. The average Bonchev–Trinajstić information content (AvgIpc) is 3.71. The predicted molar refractivity (Wildman–Crippen MR) is 160 cm³/mol. The van der Waals surface area contributed by atoms with Gasteiger partial charge in [0.25, 0.3) is 0 Å². The predicted octanol–water partition coefficient (Wildman–Crippen LogP) is 7.01. The van der Waals surface area contributed by atoms with Crippen LogP contribution in [0.5, 0.6) is 0 Å². The second-order valence-electron chi connectivity index (χ2n) is 12.6. The third-order valence-corrected chi connectivity index (χ3v) is 9.96. The Morgan fingerprint density at radius 1 is 0.951 bits per heavy atom. The summed E-state index contributed by atoms with van der Waals surface area (Å²) in [7, 11) is 1.31. The third-order valence-electron chi connectivity index (χ3n) is 9.96. The van der Waals surface area contributed by atoms with Crippen LogP contribution in [0.1, 0.15) is 82.6 Å². The summed E-state index contributed by atoms with van der Waals surface area (Å²) < 4.78 is 4.75. The van der Waals surface area contributed by atoms with Crippen molar-refractivity contribution in [2.24, 2.45) is 11.8 Å². The van der Waals surface area contributed by atoms with E-state index in [4.69, 9.17) is 4.74 Å². The Morgan fingerprint density at radius 2 is 1.56 bits per heavy atom. The van der Waals surface area contributed by atoms with Crippen molar-refractivity contribution in [1.29, 1.82) is 0 Å². The summed E-state index contributed by atoms with van der Waals surface area (Å²) in [5, 5.41) is 2.71. The van der Waals surface area contributed by atoms with Gasteiger partial charge in [-0.25, -0.2) is 9.78 Å². The molecule has 4 aliphatic rings. The quantitative estimate of drug-likeness (QED) is 0.329. The number of H-pyrrole nitrogens is 1. The molecule has 0 radical (unpaired) electrons. The van der Waals surface area contributed by atoms with Crippen LogP contribution in [0.4, 0.5) is 4.79 Å². The van der Waals surface area contributed by atoms with Gasteiger partial charge >= 0.3 is 6.09 Å². The molecule has 2 N–H and O–H groups in total. The first kappa shape index (κ1) is 27.6. The minimum Gasteiger partial charge on any atom is -0.453 e. The van der Waals surface area contributed by atoms with E-state index >= 15 is 0 Å². The number of carbonyl (C=O) groups excluding carboxylic acids is 2. The number of amides is 2. The molecule has 4 fully saturated rings. The monoisotopic (exact) mass is 554 g/mol. The molecule has 1 aliphatic heterocycles. The maximum absolute atomic E-state index is 13.4. The largest absolute Gasteiger partial charge is 0.453 e. The molecule has 1 unspecified atom stereocenters. The molecule has 2 aromatic carbocycles. The van der Waals surface area contributed by atoms with Gasteiger partial charge in [0.2, 0.25) is 5.91 Å². The highest BCUT2D eigenvalue weighted by Gasteiger charge is 2.41. The van der Waals surface area contributed by atoms with Crippen LogP contribution in [0.3, 0.4) is 0 Å². The van der Waals surface area contributed by atoms with E-state index in [0.717, 1.165) is 35.8 Å². The second-order valence-corrected chi connectivity index (χ2v) is 12.6. The van der Waals surface area contributed by atoms with E-state index in [9.17, 15) is 9.59 Å². The van der Waals surface area contributed by atoms with Crippen LogP contribution in [-0.4, -0.2) is 46.6 Å². The number of ether oxygens (including phenoxy) is 1. The van der Waals surface area contributed by atoms with Crippen molar-refractivity contribution in [3.8, 4) is 22.4 Å². The second kappa shape index (κ2) is 11.3. The molecule has 2 amide bonds. The molecular weight excluding hydrogens is 512 g/mol. The number of rotatable bonds is 7. The summed E-state index contributed by atoms with van der Waals surface area (Å²) in [6.07, 6.45) is 11.3. The van der Waals surface area contributed by atoms with Gasteiger partial charge in [-0.15, -0.1) is 0 Å². The molecule has 7 nitrogen and oxygen atoms in total. The van der Waals surface area contributed by atoms with E-state index in [2.05, 4.69) is 63.8 Å². The Hall–Kier alpha value is -3.61. The van der Waals surface area contributed by atoms with Gasteiger partial charge in [-0.3, -0.25) is 4.79 Å². The van der Waals surface area contributed by atoms with E-state index in [0.29, 0.717) is 12.0 Å². The van der Waals surface area contributed by atoms with Crippen molar-refractivity contribution >= 4 is 12.0 Å². The lowest BCUT2D eigenvalue weighted by Gasteiger charge is -2.47. The van der Waals surface area contributed by atoms with Gasteiger partial charge in [0.1, 0.15) is 11.9 Å². The first-order chi connectivity index (χ1) is 19.9. The zero-order valence-corrected chi connectivity index (χ0v) is 24.5. The molecule has 0 spiro atoms. The number of fused-ring (bicyclic) bond motifs is 3. The molecule has 1 saturated heterocycles. The van der Waals surface area contributed by atoms with Crippen LogP contribution in [0, 0.1) is 11.8 Å². The van der Waals surface area contributed by atoms with Crippen LogP contribution in [0.25, 0.3) is 22.4 Å².